The summed E-state index contributed by atoms with van der Waals surface area (Å²) < 4.78 is 2.04. The average Bonchev–Trinajstić information content (AvgIpc) is 3.40. The molecule has 7 heteroatoms. The van der Waals surface area contributed by atoms with Crippen molar-refractivity contribution in [3.8, 4) is 0 Å². The Morgan fingerprint density at radius 1 is 1.21 bits per heavy atom. The van der Waals surface area contributed by atoms with Crippen LogP contribution < -0.4 is 10.2 Å². The third-order valence-electron chi connectivity index (χ3n) is 6.20. The molecule has 1 fully saturated rings. The summed E-state index contributed by atoms with van der Waals surface area (Å²) in [7, 11) is 1.99. The van der Waals surface area contributed by atoms with E-state index in [4.69, 9.17) is 4.98 Å². The molecule has 0 bridgehead atoms. The van der Waals surface area contributed by atoms with Gasteiger partial charge in [-0.05, 0) is 49.8 Å². The molecule has 2 aliphatic rings. The quantitative estimate of drug-likeness (QED) is 0.740. The summed E-state index contributed by atoms with van der Waals surface area (Å²) in [5, 5.41) is 3.09. The van der Waals surface area contributed by atoms with E-state index in [2.05, 4.69) is 20.2 Å². The predicted octanol–water partition coefficient (Wildman–Crippen LogP) is 2.38. The van der Waals surface area contributed by atoms with Crippen molar-refractivity contribution in [1.82, 2.24) is 24.8 Å². The van der Waals surface area contributed by atoms with Gasteiger partial charge in [0.05, 0.1) is 17.6 Å². The highest BCUT2D eigenvalue weighted by molar-refractivity contribution is 5.79. The first-order chi connectivity index (χ1) is 14.2. The lowest BCUT2D eigenvalue weighted by Gasteiger charge is -2.24. The Bertz CT molecular complexity index is 1050. The Labute approximate surface area is 170 Å². The summed E-state index contributed by atoms with van der Waals surface area (Å²) in [6.07, 6.45) is 6.74. The monoisotopic (exact) mass is 390 g/mol. The molecule has 1 aliphatic carbocycles. The molecule has 0 saturated carbocycles. The van der Waals surface area contributed by atoms with Crippen LogP contribution in [0.3, 0.4) is 0 Å². The molecule has 3 heterocycles. The minimum atomic E-state index is -0.0292. The van der Waals surface area contributed by atoms with E-state index in [0.29, 0.717) is 13.0 Å². The Kier molecular flexibility index (Phi) is 4.66. The molecule has 3 aromatic rings. The molecule has 0 spiro atoms. The van der Waals surface area contributed by atoms with Gasteiger partial charge in [-0.15, -0.1) is 0 Å². The topological polar surface area (TPSA) is 75.9 Å². The van der Waals surface area contributed by atoms with E-state index in [9.17, 15) is 4.79 Å². The third kappa shape index (κ3) is 3.45. The van der Waals surface area contributed by atoms with Crippen LogP contribution in [0.25, 0.3) is 11.0 Å². The van der Waals surface area contributed by atoms with Crippen LogP contribution in [0.15, 0.2) is 30.5 Å². The molecular formula is C22H26N6O. The maximum atomic E-state index is 12.8. The fourth-order valence-electron chi connectivity index (χ4n) is 4.45. The molecule has 1 saturated heterocycles. The number of aromatic nitrogens is 4. The molecule has 7 nitrogen and oxygen atoms in total. The Hall–Kier alpha value is -2.96. The third-order valence-corrected chi connectivity index (χ3v) is 6.20. The number of hydrogen-bond donors (Lipinski definition) is 1. The maximum absolute atomic E-state index is 12.8. The summed E-state index contributed by atoms with van der Waals surface area (Å²) in [5.74, 6) is 1.78. The van der Waals surface area contributed by atoms with E-state index in [-0.39, 0.29) is 11.8 Å². The highest BCUT2D eigenvalue weighted by Gasteiger charge is 2.27. The second-order valence-corrected chi connectivity index (χ2v) is 8.07. The standard InChI is InChI=1S/C22H26N6O/c1-27-19-7-3-2-6-18(19)25-20(27)14-23-21(29)15-8-9-17-16(12-15)13-24-22(26-17)28-10-4-5-11-28/h2-3,6-7,13,15H,4-5,8-12,14H2,1H3,(H,23,29)/t15-/m0/s1. The molecule has 1 aliphatic heterocycles. The molecule has 1 amide bonds. The summed E-state index contributed by atoms with van der Waals surface area (Å²) >= 11 is 0. The van der Waals surface area contributed by atoms with Crippen LogP contribution in [0.1, 0.15) is 36.3 Å². The number of fused-ring (bicyclic) bond motifs is 2. The first-order valence-electron chi connectivity index (χ1n) is 10.5. The molecule has 1 aromatic carbocycles. The zero-order valence-electron chi connectivity index (χ0n) is 16.8. The highest BCUT2D eigenvalue weighted by Crippen LogP contribution is 2.26. The number of rotatable bonds is 4. The summed E-state index contributed by atoms with van der Waals surface area (Å²) in [6.45, 7) is 2.54. The van der Waals surface area contributed by atoms with E-state index in [0.717, 1.165) is 60.0 Å². The van der Waals surface area contributed by atoms with Crippen LogP contribution in [0.5, 0.6) is 0 Å². The molecule has 1 atom stereocenters. The number of carbonyl (C=O) groups excluding carboxylic acids is 1. The number of amides is 1. The number of benzene rings is 1. The van der Waals surface area contributed by atoms with Gasteiger partial charge >= 0.3 is 0 Å². The average molecular weight is 390 g/mol. The van der Waals surface area contributed by atoms with Crippen molar-refractivity contribution in [2.45, 2.75) is 38.6 Å². The van der Waals surface area contributed by atoms with Gasteiger partial charge in [0.2, 0.25) is 11.9 Å². The molecule has 1 N–H and O–H groups in total. The van der Waals surface area contributed by atoms with Gasteiger partial charge in [0.15, 0.2) is 0 Å². The second-order valence-electron chi connectivity index (χ2n) is 8.07. The van der Waals surface area contributed by atoms with Gasteiger partial charge in [0.1, 0.15) is 5.82 Å². The Balaban J connectivity index is 1.24. The van der Waals surface area contributed by atoms with Crippen LogP contribution in [0.2, 0.25) is 0 Å². The molecule has 0 unspecified atom stereocenters. The zero-order chi connectivity index (χ0) is 19.8. The van der Waals surface area contributed by atoms with E-state index < -0.39 is 0 Å². The fourth-order valence-corrected chi connectivity index (χ4v) is 4.45. The minimum absolute atomic E-state index is 0.0292. The summed E-state index contributed by atoms with van der Waals surface area (Å²) in [4.78, 5) is 29.0. The Morgan fingerprint density at radius 2 is 2.03 bits per heavy atom. The van der Waals surface area contributed by atoms with E-state index in [1.165, 1.54) is 12.8 Å². The fraction of sp³-hybridized carbons (Fsp3) is 0.455. The second kappa shape index (κ2) is 7.46. The van der Waals surface area contributed by atoms with Crippen molar-refractivity contribution in [2.75, 3.05) is 18.0 Å². The predicted molar refractivity (Wildman–Crippen MR) is 112 cm³/mol. The van der Waals surface area contributed by atoms with Gasteiger partial charge in [-0.3, -0.25) is 4.79 Å². The van der Waals surface area contributed by atoms with Crippen LogP contribution >= 0.6 is 0 Å². The summed E-state index contributed by atoms with van der Waals surface area (Å²) in [6, 6.07) is 8.02. The van der Waals surface area contributed by atoms with Crippen molar-refractivity contribution in [2.24, 2.45) is 13.0 Å². The lowest BCUT2D eigenvalue weighted by atomic mass is 9.86. The van der Waals surface area contributed by atoms with Crippen LogP contribution in [-0.2, 0) is 31.2 Å². The van der Waals surface area contributed by atoms with Crippen molar-refractivity contribution in [1.29, 1.82) is 0 Å². The molecule has 29 heavy (non-hydrogen) atoms. The molecule has 0 radical (unpaired) electrons. The van der Waals surface area contributed by atoms with Crippen molar-refractivity contribution in [3.05, 3.63) is 47.5 Å². The van der Waals surface area contributed by atoms with E-state index in [1.807, 2.05) is 42.1 Å². The number of carbonyl (C=O) groups is 1. The SMILES string of the molecule is Cn1c(CNC(=O)[C@H]2CCc3nc(N4CCCC4)ncc3C2)nc2ccccc21. The van der Waals surface area contributed by atoms with Crippen LogP contribution in [-0.4, -0.2) is 38.5 Å². The maximum Gasteiger partial charge on any atom is 0.225 e. The molecule has 5 rings (SSSR count). The number of nitrogens with zero attached hydrogens (tertiary/aromatic N) is 5. The number of imidazole rings is 1. The first-order valence-corrected chi connectivity index (χ1v) is 10.5. The van der Waals surface area contributed by atoms with Crippen molar-refractivity contribution < 1.29 is 4.79 Å². The largest absolute Gasteiger partial charge is 0.349 e. The van der Waals surface area contributed by atoms with E-state index in [1.54, 1.807) is 0 Å². The number of para-hydroxylation sites is 2. The van der Waals surface area contributed by atoms with Gasteiger partial charge in [-0.25, -0.2) is 15.0 Å². The van der Waals surface area contributed by atoms with Crippen LogP contribution in [0, 0.1) is 5.92 Å². The van der Waals surface area contributed by atoms with Gasteiger partial charge in [-0.1, -0.05) is 12.1 Å². The zero-order valence-corrected chi connectivity index (χ0v) is 16.8. The van der Waals surface area contributed by atoms with Gasteiger partial charge in [0.25, 0.3) is 0 Å². The number of nitrogens with one attached hydrogen (secondary N) is 1. The Morgan fingerprint density at radius 3 is 2.86 bits per heavy atom. The molecule has 2 aromatic heterocycles. The smallest absolute Gasteiger partial charge is 0.225 e. The van der Waals surface area contributed by atoms with Gasteiger partial charge in [-0.2, -0.15) is 0 Å². The lowest BCUT2D eigenvalue weighted by Crippen LogP contribution is -2.34. The number of hydrogen-bond acceptors (Lipinski definition) is 5. The molecular weight excluding hydrogens is 364 g/mol. The van der Waals surface area contributed by atoms with Crippen LogP contribution in [0.4, 0.5) is 5.95 Å². The van der Waals surface area contributed by atoms with Crippen molar-refractivity contribution in [3.63, 3.8) is 0 Å². The number of anilines is 1. The first kappa shape index (κ1) is 18.1. The van der Waals surface area contributed by atoms with Gasteiger partial charge < -0.3 is 14.8 Å². The minimum Gasteiger partial charge on any atom is -0.349 e. The lowest BCUT2D eigenvalue weighted by molar-refractivity contribution is -0.125. The van der Waals surface area contributed by atoms with Gasteiger partial charge in [0, 0.05) is 37.9 Å². The van der Waals surface area contributed by atoms with Crippen molar-refractivity contribution >= 4 is 22.9 Å². The summed E-state index contributed by atoms with van der Waals surface area (Å²) in [5.41, 5.74) is 4.26. The highest BCUT2D eigenvalue weighted by atomic mass is 16.1. The molecule has 150 valence electrons. The number of aryl methyl sites for hydroxylation is 2. The van der Waals surface area contributed by atoms with E-state index >= 15 is 0 Å². The normalized spacial score (nSPS) is 18.8.